The maximum absolute atomic E-state index is 11.4. The van der Waals surface area contributed by atoms with Crippen molar-refractivity contribution in [2.45, 2.75) is 32.2 Å². The van der Waals surface area contributed by atoms with Gasteiger partial charge in [0.05, 0.1) is 7.11 Å². The number of aryl methyl sites for hydroxylation is 1. The minimum atomic E-state index is -0.0762. The lowest BCUT2D eigenvalue weighted by Crippen LogP contribution is -2.39. The van der Waals surface area contributed by atoms with E-state index in [1.54, 1.807) is 0 Å². The van der Waals surface area contributed by atoms with Crippen molar-refractivity contribution >= 4 is 11.6 Å². The van der Waals surface area contributed by atoms with E-state index in [1.165, 1.54) is 18.4 Å². The molecule has 4 heteroatoms. The first-order valence-electron chi connectivity index (χ1n) is 6.38. The number of rotatable bonds is 4. The highest BCUT2D eigenvalue weighted by atomic mass is 16.6. The second-order valence-corrected chi connectivity index (χ2v) is 4.69. The van der Waals surface area contributed by atoms with Gasteiger partial charge >= 0.3 is 0 Å². The topological polar surface area (TPSA) is 41.6 Å². The van der Waals surface area contributed by atoms with Crippen molar-refractivity contribution in [1.29, 1.82) is 0 Å². The number of benzene rings is 1. The van der Waals surface area contributed by atoms with Crippen molar-refractivity contribution < 1.29 is 9.63 Å². The van der Waals surface area contributed by atoms with Crippen LogP contribution in [0.4, 0.5) is 5.69 Å². The molecule has 1 amide bonds. The molecule has 0 aromatic heterocycles. The fraction of sp³-hybridized carbons (Fsp3) is 0.500. The lowest BCUT2D eigenvalue weighted by Gasteiger charge is -2.37. The van der Waals surface area contributed by atoms with Crippen molar-refractivity contribution in [3.63, 3.8) is 0 Å². The molecule has 1 heterocycles. The molecule has 1 atom stereocenters. The first kappa shape index (κ1) is 12.9. The van der Waals surface area contributed by atoms with Crippen molar-refractivity contribution in [2.24, 2.45) is 0 Å². The SMILES string of the molecule is CONC(=O)CCN1c2ccccc2CC[C@H]1C. The molecule has 4 nitrogen and oxygen atoms in total. The summed E-state index contributed by atoms with van der Waals surface area (Å²) in [5, 5.41) is 0. The van der Waals surface area contributed by atoms with E-state index in [1.807, 2.05) is 0 Å². The number of carbonyl (C=O) groups is 1. The Labute approximate surface area is 108 Å². The largest absolute Gasteiger partial charge is 0.368 e. The first-order valence-corrected chi connectivity index (χ1v) is 6.38. The third-order valence-corrected chi connectivity index (χ3v) is 3.46. The van der Waals surface area contributed by atoms with Crippen LogP contribution in [-0.2, 0) is 16.1 Å². The molecule has 0 saturated heterocycles. The monoisotopic (exact) mass is 248 g/mol. The first-order chi connectivity index (χ1) is 8.72. The van der Waals surface area contributed by atoms with Gasteiger partial charge in [0.1, 0.15) is 0 Å². The standard InChI is InChI=1S/C14H20N2O2/c1-11-7-8-12-5-3-4-6-13(12)16(11)10-9-14(17)15-18-2/h3-6,11H,7-10H2,1-2H3,(H,15,17)/t11-/m1/s1. The number of para-hydroxylation sites is 1. The average Bonchev–Trinajstić information content (AvgIpc) is 2.38. The summed E-state index contributed by atoms with van der Waals surface area (Å²) in [5.41, 5.74) is 5.00. The maximum atomic E-state index is 11.4. The Hall–Kier alpha value is -1.55. The van der Waals surface area contributed by atoms with Gasteiger partial charge in [-0.2, -0.15) is 0 Å². The number of carbonyl (C=O) groups excluding carboxylic acids is 1. The number of nitrogens with one attached hydrogen (secondary N) is 1. The maximum Gasteiger partial charge on any atom is 0.245 e. The molecular weight excluding hydrogens is 228 g/mol. The van der Waals surface area contributed by atoms with Gasteiger partial charge in [0.15, 0.2) is 0 Å². The lowest BCUT2D eigenvalue weighted by molar-refractivity contribution is -0.131. The van der Waals surface area contributed by atoms with Gasteiger partial charge in [0.2, 0.25) is 5.91 Å². The summed E-state index contributed by atoms with van der Waals surface area (Å²) >= 11 is 0. The van der Waals surface area contributed by atoms with E-state index >= 15 is 0 Å². The van der Waals surface area contributed by atoms with E-state index in [9.17, 15) is 4.79 Å². The molecule has 0 fully saturated rings. The van der Waals surface area contributed by atoms with E-state index in [4.69, 9.17) is 0 Å². The summed E-state index contributed by atoms with van der Waals surface area (Å²) in [7, 11) is 1.46. The molecule has 0 radical (unpaired) electrons. The van der Waals surface area contributed by atoms with Gasteiger partial charge in [-0.1, -0.05) is 18.2 Å². The smallest absolute Gasteiger partial charge is 0.245 e. The molecule has 2 rings (SSSR count). The Morgan fingerprint density at radius 1 is 1.50 bits per heavy atom. The van der Waals surface area contributed by atoms with Gasteiger partial charge < -0.3 is 4.90 Å². The van der Waals surface area contributed by atoms with Crippen molar-refractivity contribution in [3.05, 3.63) is 29.8 Å². The summed E-state index contributed by atoms with van der Waals surface area (Å²) in [6, 6.07) is 8.92. The minimum absolute atomic E-state index is 0.0762. The molecule has 18 heavy (non-hydrogen) atoms. The number of hydrogen-bond donors (Lipinski definition) is 1. The normalized spacial score (nSPS) is 18.3. The van der Waals surface area contributed by atoms with E-state index < -0.39 is 0 Å². The zero-order chi connectivity index (χ0) is 13.0. The quantitative estimate of drug-likeness (QED) is 0.827. The van der Waals surface area contributed by atoms with Gasteiger partial charge in [-0.05, 0) is 31.4 Å². The third kappa shape index (κ3) is 2.82. The van der Waals surface area contributed by atoms with Crippen molar-refractivity contribution in [1.82, 2.24) is 5.48 Å². The predicted molar refractivity (Wildman–Crippen MR) is 71.3 cm³/mol. The van der Waals surface area contributed by atoms with Gasteiger partial charge in [-0.3, -0.25) is 9.63 Å². The Morgan fingerprint density at radius 2 is 2.28 bits per heavy atom. The summed E-state index contributed by atoms with van der Waals surface area (Å²) < 4.78 is 0. The Balaban J connectivity index is 2.05. The van der Waals surface area contributed by atoms with Crippen LogP contribution in [-0.4, -0.2) is 25.6 Å². The van der Waals surface area contributed by atoms with Crippen LogP contribution in [0.25, 0.3) is 0 Å². The number of amides is 1. The number of anilines is 1. The highest BCUT2D eigenvalue weighted by molar-refractivity contribution is 5.75. The zero-order valence-electron chi connectivity index (χ0n) is 11.0. The summed E-state index contributed by atoms with van der Waals surface area (Å²) in [5.74, 6) is -0.0762. The molecule has 98 valence electrons. The second kappa shape index (κ2) is 5.87. The Morgan fingerprint density at radius 3 is 3.06 bits per heavy atom. The van der Waals surface area contributed by atoms with Crippen molar-refractivity contribution in [2.75, 3.05) is 18.6 Å². The van der Waals surface area contributed by atoms with Crippen LogP contribution in [0.15, 0.2) is 24.3 Å². The van der Waals surface area contributed by atoms with Crippen LogP contribution in [0.1, 0.15) is 25.3 Å². The molecule has 0 spiro atoms. The highest BCUT2D eigenvalue weighted by Crippen LogP contribution is 2.30. The molecule has 0 bridgehead atoms. The van der Waals surface area contributed by atoms with E-state index in [0.29, 0.717) is 12.5 Å². The number of nitrogens with zero attached hydrogens (tertiary/aromatic N) is 1. The van der Waals surface area contributed by atoms with Crippen LogP contribution < -0.4 is 10.4 Å². The Kier molecular flexibility index (Phi) is 4.20. The molecule has 0 unspecified atom stereocenters. The number of hydrogen-bond acceptors (Lipinski definition) is 3. The van der Waals surface area contributed by atoms with Crippen LogP contribution >= 0.6 is 0 Å². The van der Waals surface area contributed by atoms with Crippen LogP contribution in [0, 0.1) is 0 Å². The Bertz CT molecular complexity index is 420. The minimum Gasteiger partial charge on any atom is -0.368 e. The third-order valence-electron chi connectivity index (χ3n) is 3.46. The lowest BCUT2D eigenvalue weighted by atomic mass is 9.96. The summed E-state index contributed by atoms with van der Waals surface area (Å²) in [6.07, 6.45) is 2.72. The molecule has 1 aromatic rings. The summed E-state index contributed by atoms with van der Waals surface area (Å²) in [6.45, 7) is 2.94. The fourth-order valence-corrected chi connectivity index (χ4v) is 2.49. The zero-order valence-corrected chi connectivity index (χ0v) is 11.0. The molecule has 1 aliphatic rings. The number of hydroxylamine groups is 1. The van der Waals surface area contributed by atoms with Gasteiger partial charge in [0.25, 0.3) is 0 Å². The number of fused-ring (bicyclic) bond motifs is 1. The van der Waals surface area contributed by atoms with Crippen LogP contribution in [0.3, 0.4) is 0 Å². The average molecular weight is 248 g/mol. The molecule has 1 aliphatic heterocycles. The van der Waals surface area contributed by atoms with Crippen molar-refractivity contribution in [3.8, 4) is 0 Å². The summed E-state index contributed by atoms with van der Waals surface area (Å²) in [4.78, 5) is 18.4. The molecule has 0 saturated carbocycles. The predicted octanol–water partition coefficient (Wildman–Crippen LogP) is 1.90. The molecular formula is C14H20N2O2. The van der Waals surface area contributed by atoms with Crippen LogP contribution in [0.2, 0.25) is 0 Å². The van der Waals surface area contributed by atoms with E-state index in [0.717, 1.165) is 19.4 Å². The van der Waals surface area contributed by atoms with E-state index in [2.05, 4.69) is 46.4 Å². The van der Waals surface area contributed by atoms with Gasteiger partial charge in [0, 0.05) is 24.7 Å². The van der Waals surface area contributed by atoms with Gasteiger partial charge in [-0.25, -0.2) is 5.48 Å². The molecule has 0 aliphatic carbocycles. The van der Waals surface area contributed by atoms with Gasteiger partial charge in [-0.15, -0.1) is 0 Å². The fourth-order valence-electron chi connectivity index (χ4n) is 2.49. The van der Waals surface area contributed by atoms with Crippen LogP contribution in [0.5, 0.6) is 0 Å². The second-order valence-electron chi connectivity index (χ2n) is 4.69. The van der Waals surface area contributed by atoms with E-state index in [-0.39, 0.29) is 5.91 Å². The molecule has 1 aromatic carbocycles. The highest BCUT2D eigenvalue weighted by Gasteiger charge is 2.22. The molecule has 1 N–H and O–H groups in total.